The first-order valence-corrected chi connectivity index (χ1v) is 6.09. The van der Waals surface area contributed by atoms with E-state index in [0.717, 1.165) is 18.1 Å². The van der Waals surface area contributed by atoms with Crippen LogP contribution in [0.5, 0.6) is 5.75 Å². The van der Waals surface area contributed by atoms with E-state index < -0.39 is 0 Å². The molecule has 18 heavy (non-hydrogen) atoms. The molecule has 2 rings (SSSR count). The first-order valence-electron chi connectivity index (χ1n) is 6.09. The highest BCUT2D eigenvalue weighted by molar-refractivity contribution is 5.28. The summed E-state index contributed by atoms with van der Waals surface area (Å²) >= 11 is 0. The predicted molar refractivity (Wildman–Crippen MR) is 69.3 cm³/mol. The zero-order chi connectivity index (χ0) is 12.8. The van der Waals surface area contributed by atoms with Crippen molar-refractivity contribution in [2.75, 3.05) is 0 Å². The van der Waals surface area contributed by atoms with Crippen molar-refractivity contribution >= 4 is 0 Å². The van der Waals surface area contributed by atoms with Gasteiger partial charge in [0, 0.05) is 18.7 Å². The molecule has 4 nitrogen and oxygen atoms in total. The van der Waals surface area contributed by atoms with Crippen LogP contribution in [-0.4, -0.2) is 11.2 Å². The molecule has 4 heteroatoms. The van der Waals surface area contributed by atoms with Gasteiger partial charge in [0.2, 0.25) is 0 Å². The van der Waals surface area contributed by atoms with Gasteiger partial charge in [-0.15, -0.1) is 0 Å². The molecular weight excluding hydrogens is 228 g/mol. The second-order valence-corrected chi connectivity index (χ2v) is 4.45. The van der Waals surface area contributed by atoms with Crippen LogP contribution in [0, 0.1) is 0 Å². The molecule has 96 valence electrons. The lowest BCUT2D eigenvalue weighted by Gasteiger charge is -2.09. The van der Waals surface area contributed by atoms with Crippen molar-refractivity contribution in [3.05, 3.63) is 47.9 Å². The van der Waals surface area contributed by atoms with Crippen molar-refractivity contribution in [1.29, 1.82) is 0 Å². The fourth-order valence-corrected chi connectivity index (χ4v) is 1.54. The summed E-state index contributed by atoms with van der Waals surface area (Å²) < 4.78 is 10.6. The zero-order valence-corrected chi connectivity index (χ0v) is 10.7. The van der Waals surface area contributed by atoms with Crippen LogP contribution in [0.3, 0.4) is 0 Å². The summed E-state index contributed by atoms with van der Waals surface area (Å²) in [7, 11) is 0. The monoisotopic (exact) mass is 246 g/mol. The Balaban J connectivity index is 1.90. The summed E-state index contributed by atoms with van der Waals surface area (Å²) in [5.74, 6) is 1.56. The molecule has 0 unspecified atom stereocenters. The average Bonchev–Trinajstić information content (AvgIpc) is 2.87. The first kappa shape index (κ1) is 12.6. The van der Waals surface area contributed by atoms with E-state index in [-0.39, 0.29) is 0 Å². The van der Waals surface area contributed by atoms with E-state index in [0.29, 0.717) is 12.6 Å². The van der Waals surface area contributed by atoms with Gasteiger partial charge in [-0.25, -0.2) is 0 Å². The van der Waals surface area contributed by atoms with Gasteiger partial charge in [0.25, 0.3) is 0 Å². The van der Waals surface area contributed by atoms with E-state index in [2.05, 4.69) is 30.4 Å². The fourth-order valence-electron chi connectivity index (χ4n) is 1.54. The number of aromatic nitrogens is 1. The second-order valence-electron chi connectivity index (χ2n) is 4.45. The van der Waals surface area contributed by atoms with Crippen LogP contribution in [0.15, 0.2) is 41.1 Å². The Hall–Kier alpha value is -1.81. The maximum atomic E-state index is 5.64. The lowest BCUT2D eigenvalue weighted by Crippen LogP contribution is -2.21. The van der Waals surface area contributed by atoms with Crippen molar-refractivity contribution in [2.45, 2.75) is 33.0 Å². The van der Waals surface area contributed by atoms with Crippen molar-refractivity contribution in [1.82, 2.24) is 10.5 Å². The van der Waals surface area contributed by atoms with E-state index in [1.165, 1.54) is 5.56 Å². The molecule has 1 heterocycles. The number of hydrogen-bond acceptors (Lipinski definition) is 4. The summed E-state index contributed by atoms with van der Waals surface area (Å²) in [6.07, 6.45) is 1.61. The second kappa shape index (κ2) is 6.21. The standard InChI is InChI=1S/C14H18N2O2/c1-11(2)15-9-12-4-3-5-13(8-12)17-10-14-6-7-16-18-14/h3-8,11,15H,9-10H2,1-2H3. The number of hydrogen-bond donors (Lipinski definition) is 1. The van der Waals surface area contributed by atoms with Gasteiger partial charge in [-0.2, -0.15) is 0 Å². The maximum absolute atomic E-state index is 5.64. The predicted octanol–water partition coefficient (Wildman–Crippen LogP) is 2.75. The number of nitrogens with zero attached hydrogens (tertiary/aromatic N) is 1. The summed E-state index contributed by atoms with van der Waals surface area (Å²) in [6.45, 7) is 5.51. The van der Waals surface area contributed by atoms with Gasteiger partial charge >= 0.3 is 0 Å². The van der Waals surface area contributed by atoms with E-state index in [9.17, 15) is 0 Å². The Morgan fingerprint density at radius 3 is 2.94 bits per heavy atom. The van der Waals surface area contributed by atoms with Gasteiger partial charge in [0.15, 0.2) is 5.76 Å². The Morgan fingerprint density at radius 1 is 1.33 bits per heavy atom. The normalized spacial score (nSPS) is 10.8. The number of rotatable bonds is 6. The molecule has 0 atom stereocenters. The number of benzene rings is 1. The summed E-state index contributed by atoms with van der Waals surface area (Å²) in [4.78, 5) is 0. The number of ether oxygens (including phenoxy) is 1. The SMILES string of the molecule is CC(C)NCc1cccc(OCc2ccno2)c1. The number of nitrogens with one attached hydrogen (secondary N) is 1. The van der Waals surface area contributed by atoms with Crippen molar-refractivity contribution < 1.29 is 9.26 Å². The molecule has 2 aromatic rings. The molecule has 0 aliphatic carbocycles. The Kier molecular flexibility index (Phi) is 4.36. The highest BCUT2D eigenvalue weighted by Gasteiger charge is 2.01. The largest absolute Gasteiger partial charge is 0.486 e. The molecule has 1 N–H and O–H groups in total. The quantitative estimate of drug-likeness (QED) is 0.851. The van der Waals surface area contributed by atoms with Crippen LogP contribution >= 0.6 is 0 Å². The van der Waals surface area contributed by atoms with E-state index >= 15 is 0 Å². The van der Waals surface area contributed by atoms with Gasteiger partial charge in [-0.3, -0.25) is 0 Å². The summed E-state index contributed by atoms with van der Waals surface area (Å²) in [5.41, 5.74) is 1.21. The van der Waals surface area contributed by atoms with Crippen LogP contribution < -0.4 is 10.1 Å². The van der Waals surface area contributed by atoms with Crippen LogP contribution in [-0.2, 0) is 13.2 Å². The molecule has 0 bridgehead atoms. The minimum Gasteiger partial charge on any atom is -0.486 e. The molecule has 0 aliphatic heterocycles. The zero-order valence-electron chi connectivity index (χ0n) is 10.7. The molecule has 0 amide bonds. The van der Waals surface area contributed by atoms with Gasteiger partial charge in [0.1, 0.15) is 12.4 Å². The van der Waals surface area contributed by atoms with Gasteiger partial charge in [-0.05, 0) is 17.7 Å². The lowest BCUT2D eigenvalue weighted by molar-refractivity contribution is 0.249. The van der Waals surface area contributed by atoms with Crippen LogP contribution in [0.1, 0.15) is 25.2 Å². The molecule has 1 aromatic heterocycles. The Labute approximate surface area is 107 Å². The average molecular weight is 246 g/mol. The molecule has 0 saturated heterocycles. The smallest absolute Gasteiger partial charge is 0.174 e. The third-order valence-corrected chi connectivity index (χ3v) is 2.49. The van der Waals surface area contributed by atoms with Crippen LogP contribution in [0.25, 0.3) is 0 Å². The first-order chi connectivity index (χ1) is 8.74. The van der Waals surface area contributed by atoms with Crippen LogP contribution in [0.2, 0.25) is 0 Å². The molecule has 1 aromatic carbocycles. The summed E-state index contributed by atoms with van der Waals surface area (Å²) in [6, 6.07) is 10.3. The minimum atomic E-state index is 0.404. The topological polar surface area (TPSA) is 47.3 Å². The van der Waals surface area contributed by atoms with Crippen molar-refractivity contribution in [2.24, 2.45) is 0 Å². The summed E-state index contributed by atoms with van der Waals surface area (Å²) in [5, 5.41) is 7.01. The highest BCUT2D eigenvalue weighted by Crippen LogP contribution is 2.15. The minimum absolute atomic E-state index is 0.404. The molecular formula is C14H18N2O2. The molecule has 0 spiro atoms. The van der Waals surface area contributed by atoms with E-state index in [1.807, 2.05) is 18.2 Å². The molecule has 0 fully saturated rings. The molecule has 0 saturated carbocycles. The third-order valence-electron chi connectivity index (χ3n) is 2.49. The van der Waals surface area contributed by atoms with E-state index in [1.54, 1.807) is 12.3 Å². The third kappa shape index (κ3) is 3.89. The van der Waals surface area contributed by atoms with Gasteiger partial charge in [-0.1, -0.05) is 31.1 Å². The van der Waals surface area contributed by atoms with Crippen molar-refractivity contribution in [3.8, 4) is 5.75 Å². The Bertz CT molecular complexity index is 466. The Morgan fingerprint density at radius 2 is 2.22 bits per heavy atom. The van der Waals surface area contributed by atoms with Crippen LogP contribution in [0.4, 0.5) is 0 Å². The molecule has 0 radical (unpaired) electrons. The lowest BCUT2D eigenvalue weighted by atomic mass is 10.2. The fraction of sp³-hybridized carbons (Fsp3) is 0.357. The highest BCUT2D eigenvalue weighted by atomic mass is 16.5. The maximum Gasteiger partial charge on any atom is 0.174 e. The van der Waals surface area contributed by atoms with Crippen molar-refractivity contribution in [3.63, 3.8) is 0 Å². The van der Waals surface area contributed by atoms with Gasteiger partial charge in [0.05, 0.1) is 6.20 Å². The van der Waals surface area contributed by atoms with Gasteiger partial charge < -0.3 is 14.6 Å². The van der Waals surface area contributed by atoms with E-state index in [4.69, 9.17) is 9.26 Å². The molecule has 0 aliphatic rings.